The van der Waals surface area contributed by atoms with Crippen molar-refractivity contribution in [1.82, 2.24) is 0 Å². The second-order valence-corrected chi connectivity index (χ2v) is 2.21. The van der Waals surface area contributed by atoms with E-state index in [-0.39, 0.29) is 5.43 Å². The number of hydrogen-bond acceptors (Lipinski definition) is 2. The van der Waals surface area contributed by atoms with Crippen LogP contribution < -0.4 is 16.1 Å². The maximum atomic E-state index is 11.0. The Morgan fingerprint density at radius 2 is 2.08 bits per heavy atom. The third-order valence-electron chi connectivity index (χ3n) is 1.57. The lowest BCUT2D eigenvalue weighted by Crippen LogP contribution is -2.35. The van der Waals surface area contributed by atoms with Crippen LogP contribution in [0.3, 0.4) is 0 Å². The van der Waals surface area contributed by atoms with Crippen molar-refractivity contribution >= 4 is 12.2 Å². The Bertz CT molecular complexity index is 412. The fourth-order valence-corrected chi connectivity index (χ4v) is 1.09. The molecule has 2 rings (SSSR count). The van der Waals surface area contributed by atoms with Gasteiger partial charge in [-0.3, -0.25) is 4.79 Å². The average Bonchev–Trinajstić information content (AvgIpc) is 2.57. The highest BCUT2D eigenvalue weighted by Crippen LogP contribution is 1.84. The first-order valence-corrected chi connectivity index (χ1v) is 4.16. The average molecular weight is 164 g/mol. The Hall–Kier alpha value is -1.31. The number of rotatable bonds is 0. The van der Waals surface area contributed by atoms with Crippen LogP contribution in [-0.4, -0.2) is 0 Å². The molecule has 1 aliphatic carbocycles. The molecule has 1 aromatic rings. The van der Waals surface area contributed by atoms with E-state index in [4.69, 9.17) is 4.42 Å². The molecule has 0 saturated carbocycles. The summed E-state index contributed by atoms with van der Waals surface area (Å²) in [5.41, 5.74) is 0.766. The Kier molecular flexibility index (Phi) is 2.86. The van der Waals surface area contributed by atoms with Gasteiger partial charge in [-0.05, 0) is 12.5 Å². The molecule has 2 nitrogen and oxygen atoms in total. The van der Waals surface area contributed by atoms with E-state index < -0.39 is 0 Å². The Labute approximate surface area is 70.8 Å². The highest BCUT2D eigenvalue weighted by molar-refractivity contribution is 5.42. The lowest BCUT2D eigenvalue weighted by Gasteiger charge is -1.80. The molecule has 0 N–H and O–H groups in total. The van der Waals surface area contributed by atoms with Crippen molar-refractivity contribution in [1.29, 1.82) is 0 Å². The van der Waals surface area contributed by atoms with Crippen LogP contribution in [0, 0.1) is 0 Å². The molecule has 0 fully saturated rings. The summed E-state index contributed by atoms with van der Waals surface area (Å²) in [7, 11) is 0. The summed E-state index contributed by atoms with van der Waals surface area (Å²) in [6.45, 7) is 4.00. The largest absolute Gasteiger partial charge is 0.464 e. The second-order valence-electron chi connectivity index (χ2n) is 2.21. The Morgan fingerprint density at radius 1 is 1.33 bits per heavy atom. The van der Waals surface area contributed by atoms with Crippen molar-refractivity contribution < 1.29 is 4.42 Å². The first-order chi connectivity index (χ1) is 5.88. The third kappa shape index (κ3) is 1.47. The second kappa shape index (κ2) is 3.90. The first-order valence-electron chi connectivity index (χ1n) is 4.16. The van der Waals surface area contributed by atoms with Crippen molar-refractivity contribution in [3.05, 3.63) is 33.2 Å². The summed E-state index contributed by atoms with van der Waals surface area (Å²) < 4.78 is 5.06. The van der Waals surface area contributed by atoms with E-state index in [1.165, 1.54) is 12.3 Å². The van der Waals surface area contributed by atoms with Crippen LogP contribution >= 0.6 is 0 Å². The zero-order valence-corrected chi connectivity index (χ0v) is 7.33. The van der Waals surface area contributed by atoms with Crippen LogP contribution in [0.1, 0.15) is 20.3 Å². The fourth-order valence-electron chi connectivity index (χ4n) is 1.09. The van der Waals surface area contributed by atoms with Crippen molar-refractivity contribution in [2.75, 3.05) is 0 Å². The fraction of sp³-hybridized carbons (Fsp3) is 0.300. The van der Waals surface area contributed by atoms with Gasteiger partial charge < -0.3 is 4.42 Å². The molecule has 12 heavy (non-hydrogen) atoms. The zero-order chi connectivity index (χ0) is 8.97. The van der Waals surface area contributed by atoms with Gasteiger partial charge in [0.25, 0.3) is 0 Å². The smallest absolute Gasteiger partial charge is 0.192 e. The van der Waals surface area contributed by atoms with E-state index in [1.54, 1.807) is 0 Å². The van der Waals surface area contributed by atoms with Gasteiger partial charge in [0.15, 0.2) is 5.43 Å². The molecule has 0 spiro atoms. The molecule has 0 aliphatic heterocycles. The summed E-state index contributed by atoms with van der Waals surface area (Å²) in [5, 5.41) is 0.711. The Balaban J connectivity index is 0.000000336. The summed E-state index contributed by atoms with van der Waals surface area (Å²) in [4.78, 5) is 11.0. The van der Waals surface area contributed by atoms with Gasteiger partial charge in [0, 0.05) is 6.07 Å². The lowest BCUT2D eigenvalue weighted by molar-refractivity contribution is 0.509. The highest BCUT2D eigenvalue weighted by atomic mass is 16.3. The topological polar surface area (TPSA) is 30.2 Å². The van der Waals surface area contributed by atoms with Crippen LogP contribution in [0.5, 0.6) is 0 Å². The van der Waals surface area contributed by atoms with Crippen LogP contribution in [0.25, 0.3) is 12.2 Å². The van der Waals surface area contributed by atoms with E-state index in [2.05, 4.69) is 0 Å². The number of fused-ring (bicyclic) bond motifs is 1. The van der Waals surface area contributed by atoms with Crippen molar-refractivity contribution in [3.8, 4) is 0 Å². The van der Waals surface area contributed by atoms with Gasteiger partial charge in [0.2, 0.25) is 0 Å². The van der Waals surface area contributed by atoms with Crippen LogP contribution in [0.2, 0.25) is 0 Å². The first kappa shape index (κ1) is 8.78. The van der Waals surface area contributed by atoms with Gasteiger partial charge in [-0.2, -0.15) is 0 Å². The summed E-state index contributed by atoms with van der Waals surface area (Å²) >= 11 is 0. The van der Waals surface area contributed by atoms with Gasteiger partial charge >= 0.3 is 0 Å². The third-order valence-corrected chi connectivity index (χ3v) is 1.57. The van der Waals surface area contributed by atoms with Crippen molar-refractivity contribution in [2.45, 2.75) is 20.3 Å². The molecular weight excluding hydrogens is 152 g/mol. The molecule has 0 aromatic carbocycles. The minimum Gasteiger partial charge on any atom is -0.464 e. The maximum absolute atomic E-state index is 11.0. The quantitative estimate of drug-likeness (QED) is 0.563. The minimum absolute atomic E-state index is 0.0509. The predicted octanol–water partition coefficient (Wildman–Crippen LogP) is 0.631. The highest BCUT2D eigenvalue weighted by Gasteiger charge is 1.96. The minimum atomic E-state index is 0.0509. The molecule has 0 radical (unpaired) electrons. The maximum Gasteiger partial charge on any atom is 0.192 e. The zero-order valence-electron chi connectivity index (χ0n) is 7.33. The number of hydrogen-bond donors (Lipinski definition) is 0. The SMILES string of the molecule is CC.O=c1ccoc2c1=CCC=2. The van der Waals surface area contributed by atoms with Crippen LogP contribution in [0.15, 0.2) is 21.5 Å². The van der Waals surface area contributed by atoms with E-state index >= 15 is 0 Å². The molecule has 2 heteroatoms. The van der Waals surface area contributed by atoms with Crippen molar-refractivity contribution in [3.63, 3.8) is 0 Å². The molecule has 1 aromatic heterocycles. The Morgan fingerprint density at radius 3 is 2.75 bits per heavy atom. The van der Waals surface area contributed by atoms with E-state index in [1.807, 2.05) is 26.0 Å². The van der Waals surface area contributed by atoms with Crippen LogP contribution in [0.4, 0.5) is 0 Å². The molecule has 0 amide bonds. The standard InChI is InChI=1S/C8H6O2.C2H6/c9-7-4-5-10-8-3-1-2-6(7)8;1-2/h2-5H,1H2;1-2H3. The normalized spacial score (nSPS) is 11.8. The van der Waals surface area contributed by atoms with Crippen molar-refractivity contribution in [2.24, 2.45) is 0 Å². The molecule has 1 aliphatic rings. The molecule has 64 valence electrons. The van der Waals surface area contributed by atoms with E-state index in [0.717, 1.165) is 6.42 Å². The molecule has 0 atom stereocenters. The van der Waals surface area contributed by atoms with Gasteiger partial charge in [-0.15, -0.1) is 0 Å². The van der Waals surface area contributed by atoms with Gasteiger partial charge in [-0.1, -0.05) is 19.9 Å². The predicted molar refractivity (Wildman–Crippen MR) is 49.1 cm³/mol. The monoisotopic (exact) mass is 164 g/mol. The van der Waals surface area contributed by atoms with E-state index in [9.17, 15) is 4.79 Å². The molecule has 0 bridgehead atoms. The molecule has 1 heterocycles. The van der Waals surface area contributed by atoms with Gasteiger partial charge in [-0.25, -0.2) is 0 Å². The molecule has 0 saturated heterocycles. The van der Waals surface area contributed by atoms with E-state index in [0.29, 0.717) is 10.6 Å². The van der Waals surface area contributed by atoms with Crippen LogP contribution in [-0.2, 0) is 0 Å². The summed E-state index contributed by atoms with van der Waals surface area (Å²) in [6.07, 6.45) is 6.02. The molecule has 0 unspecified atom stereocenters. The van der Waals surface area contributed by atoms with Gasteiger partial charge in [0.05, 0.1) is 11.5 Å². The summed E-state index contributed by atoms with van der Waals surface area (Å²) in [6, 6.07) is 1.44. The summed E-state index contributed by atoms with van der Waals surface area (Å²) in [5.74, 6) is 0. The molecular formula is C10H12O2. The van der Waals surface area contributed by atoms with Gasteiger partial charge in [0.1, 0.15) is 5.42 Å². The lowest BCUT2D eigenvalue weighted by atomic mass is 10.4.